The van der Waals surface area contributed by atoms with E-state index in [2.05, 4.69) is 25.8 Å². The summed E-state index contributed by atoms with van der Waals surface area (Å²) in [6.45, 7) is 2.51. The summed E-state index contributed by atoms with van der Waals surface area (Å²) in [6.07, 6.45) is 1.35. The van der Waals surface area contributed by atoms with Gasteiger partial charge in [0.15, 0.2) is 0 Å². The maximum absolute atomic E-state index is 9.57. The molecule has 0 bridgehead atoms. The lowest BCUT2D eigenvalue weighted by atomic mass is 10.1. The van der Waals surface area contributed by atoms with Crippen molar-refractivity contribution in [3.8, 4) is 0 Å². The molecule has 0 spiro atoms. The minimum atomic E-state index is -0.452. The first-order valence-corrected chi connectivity index (χ1v) is 6.96. The van der Waals surface area contributed by atoms with Crippen LogP contribution in [0.4, 0.5) is 5.69 Å². The Morgan fingerprint density at radius 1 is 1.32 bits per heavy atom. The number of aliphatic hydroxyl groups is 1. The van der Waals surface area contributed by atoms with E-state index >= 15 is 0 Å². The molecule has 1 atom stereocenters. The van der Waals surface area contributed by atoms with Crippen molar-refractivity contribution in [3.63, 3.8) is 0 Å². The van der Waals surface area contributed by atoms with Crippen molar-refractivity contribution in [2.45, 2.75) is 19.6 Å². The van der Waals surface area contributed by atoms with Gasteiger partial charge in [-0.2, -0.15) is 0 Å². The van der Waals surface area contributed by atoms with Crippen LogP contribution in [0.25, 0.3) is 0 Å². The fraction of sp³-hybridized carbons (Fsp3) is 0.267. The summed E-state index contributed by atoms with van der Waals surface area (Å²) < 4.78 is 0.976. The Morgan fingerprint density at radius 2 is 2.11 bits per heavy atom. The second-order valence-electron chi connectivity index (χ2n) is 4.56. The number of nitrogens with zero attached hydrogens (tertiary/aromatic N) is 2. The molecule has 0 saturated heterocycles. The number of hydrogen-bond donors (Lipinski definition) is 1. The second kappa shape index (κ2) is 6.17. The quantitative estimate of drug-likeness (QED) is 0.936. The molecule has 100 valence electrons. The van der Waals surface area contributed by atoms with Crippen LogP contribution >= 0.6 is 15.9 Å². The summed E-state index contributed by atoms with van der Waals surface area (Å²) in [5, 5.41) is 9.57. The molecule has 4 heteroatoms. The van der Waals surface area contributed by atoms with Gasteiger partial charge in [0.2, 0.25) is 0 Å². The Morgan fingerprint density at radius 3 is 2.68 bits per heavy atom. The third kappa shape index (κ3) is 3.55. The van der Waals surface area contributed by atoms with Crippen molar-refractivity contribution >= 4 is 21.6 Å². The SMILES string of the molecule is C[C@@H](O)c1ccc(N(C)Cc2ccccn2)c(Br)c1. The highest BCUT2D eigenvalue weighted by molar-refractivity contribution is 9.10. The van der Waals surface area contributed by atoms with E-state index in [-0.39, 0.29) is 0 Å². The number of anilines is 1. The Labute approximate surface area is 122 Å². The molecule has 1 N–H and O–H groups in total. The summed E-state index contributed by atoms with van der Waals surface area (Å²) in [6, 6.07) is 11.8. The van der Waals surface area contributed by atoms with Gasteiger partial charge in [-0.15, -0.1) is 0 Å². The predicted molar refractivity (Wildman–Crippen MR) is 81.1 cm³/mol. The largest absolute Gasteiger partial charge is 0.389 e. The van der Waals surface area contributed by atoms with Crippen LogP contribution in [0, 0.1) is 0 Å². The number of benzene rings is 1. The van der Waals surface area contributed by atoms with Crippen molar-refractivity contribution in [1.82, 2.24) is 4.98 Å². The third-order valence-electron chi connectivity index (χ3n) is 2.99. The summed E-state index contributed by atoms with van der Waals surface area (Å²) in [4.78, 5) is 6.45. The van der Waals surface area contributed by atoms with Gasteiger partial charge in [-0.25, -0.2) is 0 Å². The molecule has 0 saturated carbocycles. The van der Waals surface area contributed by atoms with Gasteiger partial charge in [0.25, 0.3) is 0 Å². The van der Waals surface area contributed by atoms with E-state index in [1.54, 1.807) is 13.1 Å². The molecule has 2 rings (SSSR count). The normalized spacial score (nSPS) is 12.2. The lowest BCUT2D eigenvalue weighted by Gasteiger charge is -2.21. The van der Waals surface area contributed by atoms with E-state index < -0.39 is 6.10 Å². The fourth-order valence-electron chi connectivity index (χ4n) is 1.91. The van der Waals surface area contributed by atoms with E-state index in [4.69, 9.17) is 0 Å². The number of halogens is 1. The summed E-state index contributed by atoms with van der Waals surface area (Å²) in [5.41, 5.74) is 3.01. The number of aromatic nitrogens is 1. The molecule has 1 aromatic heterocycles. The van der Waals surface area contributed by atoms with Crippen LogP contribution < -0.4 is 4.90 Å². The monoisotopic (exact) mass is 320 g/mol. The van der Waals surface area contributed by atoms with E-state index in [0.29, 0.717) is 0 Å². The maximum atomic E-state index is 9.57. The molecule has 0 radical (unpaired) electrons. The highest BCUT2D eigenvalue weighted by Crippen LogP contribution is 2.29. The summed E-state index contributed by atoms with van der Waals surface area (Å²) in [5.74, 6) is 0. The molecular formula is C15H17BrN2O. The van der Waals surface area contributed by atoms with E-state index in [0.717, 1.165) is 28.0 Å². The highest BCUT2D eigenvalue weighted by atomic mass is 79.9. The zero-order valence-corrected chi connectivity index (χ0v) is 12.6. The van der Waals surface area contributed by atoms with Crippen LogP contribution in [-0.2, 0) is 6.54 Å². The molecule has 19 heavy (non-hydrogen) atoms. The van der Waals surface area contributed by atoms with Crippen LogP contribution in [0.5, 0.6) is 0 Å². The second-order valence-corrected chi connectivity index (χ2v) is 5.42. The fourth-order valence-corrected chi connectivity index (χ4v) is 2.61. The number of rotatable bonds is 4. The smallest absolute Gasteiger partial charge is 0.0762 e. The van der Waals surface area contributed by atoms with Crippen molar-refractivity contribution in [1.29, 1.82) is 0 Å². The standard InChI is InChI=1S/C15H17BrN2O/c1-11(19)12-6-7-15(14(16)9-12)18(2)10-13-5-3-4-8-17-13/h3-9,11,19H,10H2,1-2H3/t11-/m1/s1. The van der Waals surface area contributed by atoms with Gasteiger partial charge in [-0.05, 0) is 52.7 Å². The molecule has 0 fully saturated rings. The van der Waals surface area contributed by atoms with Gasteiger partial charge in [-0.3, -0.25) is 4.98 Å². The van der Waals surface area contributed by atoms with Crippen LogP contribution in [0.15, 0.2) is 47.1 Å². The van der Waals surface area contributed by atoms with Crippen LogP contribution in [0.1, 0.15) is 24.3 Å². The summed E-state index contributed by atoms with van der Waals surface area (Å²) >= 11 is 3.56. The van der Waals surface area contributed by atoms with E-state index in [9.17, 15) is 5.11 Å². The molecule has 0 aliphatic carbocycles. The predicted octanol–water partition coefficient (Wildman–Crippen LogP) is 3.53. The Hall–Kier alpha value is -1.39. The van der Waals surface area contributed by atoms with Crippen molar-refractivity contribution < 1.29 is 5.11 Å². The van der Waals surface area contributed by atoms with Gasteiger partial charge >= 0.3 is 0 Å². The van der Waals surface area contributed by atoms with Crippen molar-refractivity contribution in [2.24, 2.45) is 0 Å². The van der Waals surface area contributed by atoms with Gasteiger partial charge in [-0.1, -0.05) is 12.1 Å². The van der Waals surface area contributed by atoms with Crippen LogP contribution in [0.3, 0.4) is 0 Å². The molecule has 1 heterocycles. The first-order chi connectivity index (χ1) is 9.08. The molecule has 3 nitrogen and oxygen atoms in total. The third-order valence-corrected chi connectivity index (χ3v) is 3.63. The highest BCUT2D eigenvalue weighted by Gasteiger charge is 2.09. The minimum absolute atomic E-state index is 0.452. The number of pyridine rings is 1. The minimum Gasteiger partial charge on any atom is -0.389 e. The lowest BCUT2D eigenvalue weighted by Crippen LogP contribution is -2.17. The molecule has 2 aromatic rings. The van der Waals surface area contributed by atoms with E-state index in [1.165, 1.54) is 0 Å². The zero-order chi connectivity index (χ0) is 13.8. The van der Waals surface area contributed by atoms with Crippen molar-refractivity contribution in [2.75, 3.05) is 11.9 Å². The molecular weight excluding hydrogens is 304 g/mol. The topological polar surface area (TPSA) is 36.4 Å². The molecule has 0 aliphatic rings. The first-order valence-electron chi connectivity index (χ1n) is 6.16. The first kappa shape index (κ1) is 14.0. The molecule has 0 amide bonds. The lowest BCUT2D eigenvalue weighted by molar-refractivity contribution is 0.199. The van der Waals surface area contributed by atoms with Crippen LogP contribution in [0.2, 0.25) is 0 Å². The zero-order valence-electron chi connectivity index (χ0n) is 11.0. The molecule has 0 aliphatic heterocycles. The Bertz CT molecular complexity index is 543. The molecule has 1 aromatic carbocycles. The average molecular weight is 321 g/mol. The number of hydrogen-bond acceptors (Lipinski definition) is 3. The Kier molecular flexibility index (Phi) is 4.56. The van der Waals surface area contributed by atoms with E-state index in [1.807, 2.05) is 43.4 Å². The maximum Gasteiger partial charge on any atom is 0.0762 e. The molecule has 0 unspecified atom stereocenters. The van der Waals surface area contributed by atoms with Crippen LogP contribution in [-0.4, -0.2) is 17.1 Å². The number of aliphatic hydroxyl groups excluding tert-OH is 1. The van der Waals surface area contributed by atoms with Gasteiger partial charge in [0.05, 0.1) is 24.0 Å². The van der Waals surface area contributed by atoms with Gasteiger partial charge in [0.1, 0.15) is 0 Å². The average Bonchev–Trinajstić information content (AvgIpc) is 2.39. The van der Waals surface area contributed by atoms with Crippen molar-refractivity contribution in [3.05, 3.63) is 58.3 Å². The summed E-state index contributed by atoms with van der Waals surface area (Å²) in [7, 11) is 2.02. The van der Waals surface area contributed by atoms with Gasteiger partial charge < -0.3 is 10.0 Å². The Balaban J connectivity index is 2.17. The van der Waals surface area contributed by atoms with Gasteiger partial charge in [0, 0.05) is 17.7 Å².